The third-order valence-electron chi connectivity index (χ3n) is 2.17. The minimum absolute atomic E-state index is 0.0832. The molecule has 0 spiro atoms. The molecule has 1 aromatic carbocycles. The van der Waals surface area contributed by atoms with E-state index in [-0.39, 0.29) is 11.2 Å². The topological polar surface area (TPSA) is 21.3 Å². The molecule has 0 bridgehead atoms. The first kappa shape index (κ1) is 14.8. The lowest BCUT2D eigenvalue weighted by molar-refractivity contribution is -0.274. The van der Waals surface area contributed by atoms with Crippen LogP contribution >= 0.6 is 0 Å². The maximum atomic E-state index is 12.2. The molecule has 0 aliphatic carbocycles. The Hall–Kier alpha value is -1.23. The van der Waals surface area contributed by atoms with E-state index in [1.54, 1.807) is 12.1 Å². The highest BCUT2D eigenvalue weighted by molar-refractivity contribution is 5.33. The van der Waals surface area contributed by atoms with Gasteiger partial charge in [0, 0.05) is 18.7 Å². The zero-order valence-electron chi connectivity index (χ0n) is 10.8. The second-order valence-corrected chi connectivity index (χ2v) is 5.32. The van der Waals surface area contributed by atoms with E-state index in [9.17, 15) is 13.2 Å². The molecule has 1 rings (SSSR count). The largest absolute Gasteiger partial charge is 0.573 e. The van der Waals surface area contributed by atoms with E-state index in [1.165, 1.54) is 12.1 Å². The maximum absolute atomic E-state index is 12.2. The number of rotatable bonds is 4. The maximum Gasteiger partial charge on any atom is 0.573 e. The molecule has 0 atom stereocenters. The van der Waals surface area contributed by atoms with Crippen molar-refractivity contribution in [3.05, 3.63) is 29.8 Å². The zero-order valence-corrected chi connectivity index (χ0v) is 10.8. The predicted octanol–water partition coefficient (Wildman–Crippen LogP) is 3.72. The van der Waals surface area contributed by atoms with Crippen molar-refractivity contribution in [1.82, 2.24) is 5.32 Å². The van der Waals surface area contributed by atoms with Crippen LogP contribution in [0.5, 0.6) is 5.75 Å². The molecule has 0 aliphatic rings. The van der Waals surface area contributed by atoms with E-state index in [0.29, 0.717) is 18.7 Å². The van der Waals surface area contributed by atoms with E-state index >= 15 is 0 Å². The van der Waals surface area contributed by atoms with Gasteiger partial charge in [-0.05, 0) is 11.5 Å². The molecule has 0 fully saturated rings. The molecule has 0 saturated heterocycles. The van der Waals surface area contributed by atoms with Gasteiger partial charge in [-0.2, -0.15) is 0 Å². The highest BCUT2D eigenvalue weighted by Gasteiger charge is 2.31. The summed E-state index contributed by atoms with van der Waals surface area (Å²) in [6, 6.07) is 6.16. The molecule has 1 N–H and O–H groups in total. The van der Waals surface area contributed by atoms with Gasteiger partial charge in [0.05, 0.1) is 0 Å². The van der Waals surface area contributed by atoms with Gasteiger partial charge in [0.15, 0.2) is 0 Å². The van der Waals surface area contributed by atoms with Crippen molar-refractivity contribution in [2.24, 2.45) is 5.41 Å². The van der Waals surface area contributed by atoms with Crippen LogP contribution in [0.1, 0.15) is 26.3 Å². The van der Waals surface area contributed by atoms with Crippen molar-refractivity contribution in [3.63, 3.8) is 0 Å². The zero-order chi connectivity index (χ0) is 13.8. The van der Waals surface area contributed by atoms with Crippen molar-refractivity contribution in [1.29, 1.82) is 0 Å². The molecule has 18 heavy (non-hydrogen) atoms. The lowest BCUT2D eigenvalue weighted by Gasteiger charge is -2.19. The molecule has 2 nitrogen and oxygen atoms in total. The fraction of sp³-hybridized carbons (Fsp3) is 0.538. The standard InChI is InChI=1S/C13H18F3NO/c1-12(2,3)9-17-8-10-6-4-5-7-11(10)18-13(14,15)16/h4-7,17H,8-9H2,1-3H3. The lowest BCUT2D eigenvalue weighted by Crippen LogP contribution is -2.27. The number of halogens is 3. The molecule has 102 valence electrons. The van der Waals surface area contributed by atoms with E-state index in [2.05, 4.69) is 30.8 Å². The molecule has 1 aromatic rings. The van der Waals surface area contributed by atoms with Crippen LogP contribution < -0.4 is 10.1 Å². The van der Waals surface area contributed by atoms with Gasteiger partial charge in [0.1, 0.15) is 5.75 Å². The Kier molecular flexibility index (Phi) is 4.62. The highest BCUT2D eigenvalue weighted by atomic mass is 19.4. The van der Waals surface area contributed by atoms with Crippen molar-refractivity contribution in [2.75, 3.05) is 6.54 Å². The second-order valence-electron chi connectivity index (χ2n) is 5.32. The summed E-state index contributed by atoms with van der Waals surface area (Å²) in [5.41, 5.74) is 0.582. The number of benzene rings is 1. The number of alkyl halides is 3. The Morgan fingerprint density at radius 2 is 1.72 bits per heavy atom. The first-order valence-corrected chi connectivity index (χ1v) is 5.72. The molecule has 0 aromatic heterocycles. The SMILES string of the molecule is CC(C)(C)CNCc1ccccc1OC(F)(F)F. The number of hydrogen-bond donors (Lipinski definition) is 1. The monoisotopic (exact) mass is 261 g/mol. The summed E-state index contributed by atoms with van der Waals surface area (Å²) in [6.45, 7) is 7.23. The van der Waals surface area contributed by atoms with Gasteiger partial charge in [-0.25, -0.2) is 0 Å². The normalized spacial score (nSPS) is 12.6. The van der Waals surface area contributed by atoms with E-state index in [0.717, 1.165) is 0 Å². The molecular weight excluding hydrogens is 243 g/mol. The summed E-state index contributed by atoms with van der Waals surface area (Å²) >= 11 is 0. The number of para-hydroxylation sites is 1. The van der Waals surface area contributed by atoms with Gasteiger partial charge in [-0.3, -0.25) is 0 Å². The average Bonchev–Trinajstić information content (AvgIpc) is 2.16. The van der Waals surface area contributed by atoms with Crippen molar-refractivity contribution < 1.29 is 17.9 Å². The first-order chi connectivity index (χ1) is 8.17. The summed E-state index contributed by atoms with van der Waals surface area (Å²) in [5, 5.41) is 3.12. The molecule has 0 saturated carbocycles. The molecule has 5 heteroatoms. The third-order valence-corrected chi connectivity index (χ3v) is 2.17. The van der Waals surface area contributed by atoms with Gasteiger partial charge in [-0.1, -0.05) is 39.0 Å². The summed E-state index contributed by atoms with van der Waals surface area (Å²) in [6.07, 6.45) is -4.65. The molecular formula is C13H18F3NO. The third kappa shape index (κ3) is 5.91. The number of nitrogens with one attached hydrogen (secondary N) is 1. The van der Waals surface area contributed by atoms with E-state index < -0.39 is 6.36 Å². The van der Waals surface area contributed by atoms with Crippen LogP contribution in [0.2, 0.25) is 0 Å². The Bertz CT molecular complexity index is 383. The number of hydrogen-bond acceptors (Lipinski definition) is 2. The Balaban J connectivity index is 2.65. The fourth-order valence-corrected chi connectivity index (χ4v) is 1.45. The first-order valence-electron chi connectivity index (χ1n) is 5.72. The smallest absolute Gasteiger partial charge is 0.405 e. The quantitative estimate of drug-likeness (QED) is 0.891. The molecule has 0 radical (unpaired) electrons. The van der Waals surface area contributed by atoms with E-state index in [1.807, 2.05) is 0 Å². The number of ether oxygens (including phenoxy) is 1. The van der Waals surface area contributed by atoms with Crippen LogP contribution in [0.15, 0.2) is 24.3 Å². The van der Waals surface area contributed by atoms with Gasteiger partial charge < -0.3 is 10.1 Å². The Morgan fingerprint density at radius 1 is 1.11 bits per heavy atom. The molecule has 0 aliphatic heterocycles. The highest BCUT2D eigenvalue weighted by Crippen LogP contribution is 2.26. The average molecular weight is 261 g/mol. The predicted molar refractivity (Wildman–Crippen MR) is 64.3 cm³/mol. The van der Waals surface area contributed by atoms with Crippen LogP contribution in [0.3, 0.4) is 0 Å². The summed E-state index contributed by atoms with van der Waals surface area (Å²) < 4.78 is 40.5. The Labute approximate surface area is 105 Å². The summed E-state index contributed by atoms with van der Waals surface area (Å²) in [4.78, 5) is 0. The minimum atomic E-state index is -4.65. The lowest BCUT2D eigenvalue weighted by atomic mass is 9.97. The fourth-order valence-electron chi connectivity index (χ4n) is 1.45. The van der Waals surface area contributed by atoms with Crippen LogP contribution in [0.25, 0.3) is 0 Å². The summed E-state index contributed by atoms with van der Waals surface area (Å²) in [5.74, 6) is -0.147. The van der Waals surface area contributed by atoms with Crippen LogP contribution in [0.4, 0.5) is 13.2 Å². The van der Waals surface area contributed by atoms with E-state index in [4.69, 9.17) is 0 Å². The summed E-state index contributed by atoms with van der Waals surface area (Å²) in [7, 11) is 0. The minimum Gasteiger partial charge on any atom is -0.405 e. The molecule has 0 amide bonds. The van der Waals surface area contributed by atoms with Gasteiger partial charge in [0.25, 0.3) is 0 Å². The van der Waals surface area contributed by atoms with Crippen LogP contribution in [-0.4, -0.2) is 12.9 Å². The Morgan fingerprint density at radius 3 is 2.28 bits per heavy atom. The van der Waals surface area contributed by atoms with Crippen molar-refractivity contribution >= 4 is 0 Å². The second kappa shape index (κ2) is 5.61. The van der Waals surface area contributed by atoms with Crippen LogP contribution in [0, 0.1) is 5.41 Å². The van der Waals surface area contributed by atoms with Crippen LogP contribution in [-0.2, 0) is 6.54 Å². The van der Waals surface area contributed by atoms with Crippen molar-refractivity contribution in [3.8, 4) is 5.75 Å². The van der Waals surface area contributed by atoms with Gasteiger partial charge in [-0.15, -0.1) is 13.2 Å². The van der Waals surface area contributed by atoms with Crippen molar-refractivity contribution in [2.45, 2.75) is 33.7 Å². The van der Waals surface area contributed by atoms with Gasteiger partial charge >= 0.3 is 6.36 Å². The molecule has 0 unspecified atom stereocenters. The van der Waals surface area contributed by atoms with Gasteiger partial charge in [0.2, 0.25) is 0 Å². The molecule has 0 heterocycles.